The van der Waals surface area contributed by atoms with Gasteiger partial charge in [0.25, 0.3) is 5.91 Å². The summed E-state index contributed by atoms with van der Waals surface area (Å²) < 4.78 is 14.5. The highest BCUT2D eigenvalue weighted by molar-refractivity contribution is 6.04. The molecule has 0 aliphatic heterocycles. The van der Waals surface area contributed by atoms with Crippen LogP contribution in [0.4, 0.5) is 10.1 Å². The van der Waals surface area contributed by atoms with Crippen molar-refractivity contribution in [1.82, 2.24) is 20.0 Å². The lowest BCUT2D eigenvalue weighted by molar-refractivity contribution is 0.101. The molecule has 3 rings (SSSR count). The lowest BCUT2D eigenvalue weighted by atomic mass is 10.2. The van der Waals surface area contributed by atoms with E-state index >= 15 is 0 Å². The van der Waals surface area contributed by atoms with Gasteiger partial charge in [-0.15, -0.1) is 0 Å². The average Bonchev–Trinajstić information content (AvgIpc) is 3.08. The molecule has 7 nitrogen and oxygen atoms in total. The molecule has 2 heterocycles. The van der Waals surface area contributed by atoms with Crippen LogP contribution in [0.1, 0.15) is 16.1 Å². The average molecular weight is 301 g/mol. The first-order valence-corrected chi connectivity index (χ1v) is 6.40. The molecule has 8 heteroatoms. The van der Waals surface area contributed by atoms with Gasteiger partial charge in [-0.05, 0) is 30.7 Å². The smallest absolute Gasteiger partial charge is 0.280 e. The van der Waals surface area contributed by atoms with E-state index in [0.29, 0.717) is 16.9 Å². The van der Waals surface area contributed by atoms with E-state index in [0.717, 1.165) is 0 Å². The van der Waals surface area contributed by atoms with E-state index in [-0.39, 0.29) is 17.3 Å². The molecule has 0 aliphatic carbocycles. The summed E-state index contributed by atoms with van der Waals surface area (Å²) in [5.41, 5.74) is 1.52. The first kappa shape index (κ1) is 13.8. The number of hydrogen-bond acceptors (Lipinski definition) is 4. The highest BCUT2D eigenvalue weighted by Crippen LogP contribution is 2.21. The van der Waals surface area contributed by atoms with Gasteiger partial charge in [-0.2, -0.15) is 10.2 Å². The number of hydrogen-bond donors (Lipinski definition) is 3. The quantitative estimate of drug-likeness (QED) is 0.689. The van der Waals surface area contributed by atoms with Crippen molar-refractivity contribution >= 4 is 11.6 Å². The van der Waals surface area contributed by atoms with Crippen molar-refractivity contribution in [2.75, 3.05) is 5.32 Å². The van der Waals surface area contributed by atoms with Crippen molar-refractivity contribution < 1.29 is 14.3 Å². The molecular weight excluding hydrogens is 289 g/mol. The molecule has 0 unspecified atom stereocenters. The number of amides is 1. The number of nitrogens with one attached hydrogen (secondary N) is 2. The Bertz CT molecular complexity index is 826. The minimum absolute atomic E-state index is 0.134. The maximum Gasteiger partial charge on any atom is 0.280 e. The number of aromatic nitrogens is 4. The van der Waals surface area contributed by atoms with E-state index in [1.165, 1.54) is 41.5 Å². The van der Waals surface area contributed by atoms with Gasteiger partial charge in [0.05, 0.1) is 23.8 Å². The van der Waals surface area contributed by atoms with Gasteiger partial charge in [-0.1, -0.05) is 0 Å². The van der Waals surface area contributed by atoms with Gasteiger partial charge in [0, 0.05) is 6.20 Å². The van der Waals surface area contributed by atoms with Crippen LogP contribution >= 0.6 is 0 Å². The summed E-state index contributed by atoms with van der Waals surface area (Å²) in [7, 11) is 0. The first-order chi connectivity index (χ1) is 10.5. The third-order valence-electron chi connectivity index (χ3n) is 3.07. The van der Waals surface area contributed by atoms with Crippen LogP contribution in [0.2, 0.25) is 0 Å². The molecule has 3 aromatic rings. The SMILES string of the molecule is Cc1cc(F)ccc1-n1cc(O)c(C(=O)Nc2cn[nH]c2)n1. The van der Waals surface area contributed by atoms with Crippen LogP contribution < -0.4 is 5.32 Å². The standard InChI is InChI=1S/C14H12FN5O2/c1-8-4-9(15)2-3-11(8)20-7-12(21)13(19-20)14(22)18-10-5-16-17-6-10/h2-7,21H,1H3,(H,16,17)(H,18,22). The molecule has 0 atom stereocenters. The Hall–Kier alpha value is -3.16. The molecule has 0 spiro atoms. The van der Waals surface area contributed by atoms with Crippen LogP contribution in [0.15, 0.2) is 36.8 Å². The molecule has 0 fully saturated rings. The van der Waals surface area contributed by atoms with Crippen LogP contribution in [0.5, 0.6) is 5.75 Å². The number of carbonyl (C=O) groups is 1. The second kappa shape index (κ2) is 5.32. The van der Waals surface area contributed by atoms with E-state index in [1.807, 2.05) is 0 Å². The predicted molar refractivity (Wildman–Crippen MR) is 76.5 cm³/mol. The van der Waals surface area contributed by atoms with Crippen LogP contribution in [-0.4, -0.2) is 31.0 Å². The zero-order valence-corrected chi connectivity index (χ0v) is 11.5. The van der Waals surface area contributed by atoms with Gasteiger partial charge >= 0.3 is 0 Å². The van der Waals surface area contributed by atoms with Crippen LogP contribution in [-0.2, 0) is 0 Å². The fourth-order valence-corrected chi connectivity index (χ4v) is 2.04. The summed E-state index contributed by atoms with van der Waals surface area (Å²) in [5.74, 6) is -1.21. The third-order valence-corrected chi connectivity index (χ3v) is 3.07. The van der Waals surface area contributed by atoms with Crippen molar-refractivity contribution in [1.29, 1.82) is 0 Å². The Morgan fingerprint density at radius 3 is 2.95 bits per heavy atom. The van der Waals surface area contributed by atoms with E-state index in [2.05, 4.69) is 20.6 Å². The number of anilines is 1. The Morgan fingerprint density at radius 1 is 1.45 bits per heavy atom. The molecular formula is C14H12FN5O2. The largest absolute Gasteiger partial charge is 0.504 e. The maximum atomic E-state index is 13.1. The maximum absolute atomic E-state index is 13.1. The van der Waals surface area contributed by atoms with E-state index < -0.39 is 5.91 Å². The number of nitrogens with zero attached hydrogens (tertiary/aromatic N) is 3. The van der Waals surface area contributed by atoms with Crippen molar-refractivity contribution in [2.24, 2.45) is 0 Å². The molecule has 2 aromatic heterocycles. The van der Waals surface area contributed by atoms with Gasteiger partial charge in [0.1, 0.15) is 5.82 Å². The summed E-state index contributed by atoms with van der Waals surface area (Å²) in [6, 6.07) is 4.15. The van der Waals surface area contributed by atoms with Crippen molar-refractivity contribution in [3.63, 3.8) is 0 Å². The van der Waals surface area contributed by atoms with Crippen LogP contribution in [0, 0.1) is 12.7 Å². The normalized spacial score (nSPS) is 10.6. The van der Waals surface area contributed by atoms with Gasteiger partial charge in [-0.3, -0.25) is 9.89 Å². The van der Waals surface area contributed by atoms with Gasteiger partial charge in [0.2, 0.25) is 0 Å². The fraction of sp³-hybridized carbons (Fsp3) is 0.0714. The lowest BCUT2D eigenvalue weighted by Crippen LogP contribution is -2.13. The van der Waals surface area contributed by atoms with Crippen LogP contribution in [0.3, 0.4) is 0 Å². The zero-order chi connectivity index (χ0) is 15.7. The summed E-state index contributed by atoms with van der Waals surface area (Å²) >= 11 is 0. The third kappa shape index (κ3) is 2.53. The summed E-state index contributed by atoms with van der Waals surface area (Å²) in [5, 5.41) is 22.7. The second-order valence-electron chi connectivity index (χ2n) is 4.68. The zero-order valence-electron chi connectivity index (χ0n) is 11.5. The molecule has 22 heavy (non-hydrogen) atoms. The second-order valence-corrected chi connectivity index (χ2v) is 4.68. The number of halogens is 1. The Kier molecular flexibility index (Phi) is 3.34. The molecule has 1 aromatic carbocycles. The molecule has 0 aliphatic rings. The topological polar surface area (TPSA) is 95.8 Å². The highest BCUT2D eigenvalue weighted by atomic mass is 19.1. The monoisotopic (exact) mass is 301 g/mol. The van der Waals surface area contributed by atoms with Crippen LogP contribution in [0.25, 0.3) is 5.69 Å². The van der Waals surface area contributed by atoms with Crippen molar-refractivity contribution in [3.05, 3.63) is 53.9 Å². The number of rotatable bonds is 3. The number of aromatic amines is 1. The van der Waals surface area contributed by atoms with Gasteiger partial charge in [0.15, 0.2) is 11.4 Å². The minimum Gasteiger partial charge on any atom is -0.504 e. The van der Waals surface area contributed by atoms with Crippen molar-refractivity contribution in [3.8, 4) is 11.4 Å². The summed E-state index contributed by atoms with van der Waals surface area (Å²) in [6.45, 7) is 1.71. The van der Waals surface area contributed by atoms with Gasteiger partial charge < -0.3 is 10.4 Å². The van der Waals surface area contributed by atoms with E-state index in [9.17, 15) is 14.3 Å². The molecule has 1 amide bonds. The predicted octanol–water partition coefficient (Wildman–Crippen LogP) is 2.00. The first-order valence-electron chi connectivity index (χ1n) is 6.40. The lowest BCUT2D eigenvalue weighted by Gasteiger charge is -2.05. The molecule has 112 valence electrons. The fourth-order valence-electron chi connectivity index (χ4n) is 2.04. The summed E-state index contributed by atoms with van der Waals surface area (Å²) in [4.78, 5) is 12.1. The molecule has 0 radical (unpaired) electrons. The van der Waals surface area contributed by atoms with Gasteiger partial charge in [-0.25, -0.2) is 9.07 Å². The highest BCUT2D eigenvalue weighted by Gasteiger charge is 2.18. The van der Waals surface area contributed by atoms with E-state index in [1.54, 1.807) is 6.92 Å². The Labute approximate surface area is 124 Å². The van der Waals surface area contributed by atoms with Crippen molar-refractivity contribution in [2.45, 2.75) is 6.92 Å². The Morgan fingerprint density at radius 2 is 2.27 bits per heavy atom. The number of H-pyrrole nitrogens is 1. The number of carbonyl (C=O) groups excluding carboxylic acids is 1. The van der Waals surface area contributed by atoms with E-state index in [4.69, 9.17) is 0 Å². The molecule has 0 bridgehead atoms. The number of aromatic hydroxyl groups is 1. The Balaban J connectivity index is 1.92. The minimum atomic E-state index is -0.572. The number of benzene rings is 1. The molecule has 3 N–H and O–H groups in total. The molecule has 0 saturated carbocycles. The molecule has 0 saturated heterocycles. The summed E-state index contributed by atoms with van der Waals surface area (Å²) in [6.07, 6.45) is 4.22. The number of aryl methyl sites for hydroxylation is 1.